The zero-order valence-corrected chi connectivity index (χ0v) is 11.5. The predicted molar refractivity (Wildman–Crippen MR) is 71.5 cm³/mol. The summed E-state index contributed by atoms with van der Waals surface area (Å²) >= 11 is 3.16. The second-order valence-corrected chi connectivity index (χ2v) is 5.45. The van der Waals surface area contributed by atoms with Gasteiger partial charge in [-0.25, -0.2) is 0 Å². The Kier molecular flexibility index (Phi) is 4.24. The highest BCUT2D eigenvalue weighted by atomic mass is 79.9. The number of benzene rings is 1. The van der Waals surface area contributed by atoms with E-state index in [-0.39, 0.29) is 17.7 Å². The molecule has 1 amide bonds. The zero-order chi connectivity index (χ0) is 13.1. The predicted octanol–water partition coefficient (Wildman–Crippen LogP) is 2.19. The van der Waals surface area contributed by atoms with Crippen molar-refractivity contribution in [2.45, 2.75) is 37.8 Å². The summed E-state index contributed by atoms with van der Waals surface area (Å²) in [5.41, 5.74) is 0.397. The van der Waals surface area contributed by atoms with E-state index in [4.69, 9.17) is 0 Å². The van der Waals surface area contributed by atoms with E-state index in [2.05, 4.69) is 21.2 Å². The first-order chi connectivity index (χ1) is 8.58. The lowest BCUT2D eigenvalue weighted by Gasteiger charge is -2.28. The molecule has 0 radical (unpaired) electrons. The molecule has 0 bridgehead atoms. The number of aliphatic hydroxyl groups is 1. The summed E-state index contributed by atoms with van der Waals surface area (Å²) in [6.45, 7) is 0. The van der Waals surface area contributed by atoms with Gasteiger partial charge < -0.3 is 15.5 Å². The van der Waals surface area contributed by atoms with Crippen LogP contribution in [-0.2, 0) is 0 Å². The van der Waals surface area contributed by atoms with Crippen LogP contribution in [0.25, 0.3) is 0 Å². The van der Waals surface area contributed by atoms with Crippen LogP contribution in [0.2, 0.25) is 0 Å². The molecule has 18 heavy (non-hydrogen) atoms. The summed E-state index contributed by atoms with van der Waals surface area (Å²) in [6, 6.07) is 4.49. The van der Waals surface area contributed by atoms with Gasteiger partial charge in [0.2, 0.25) is 0 Å². The molecule has 2 rings (SSSR count). The lowest BCUT2D eigenvalue weighted by molar-refractivity contribution is 0.0717. The molecular weight excluding hydrogens is 298 g/mol. The molecule has 0 spiro atoms. The molecule has 0 unspecified atom stereocenters. The van der Waals surface area contributed by atoms with E-state index >= 15 is 0 Å². The number of nitrogens with one attached hydrogen (secondary N) is 1. The summed E-state index contributed by atoms with van der Waals surface area (Å²) in [5.74, 6) is -0.226. The Morgan fingerprint density at radius 1 is 1.33 bits per heavy atom. The molecule has 1 fully saturated rings. The molecule has 0 aliphatic heterocycles. The molecule has 0 aromatic heterocycles. The molecule has 0 saturated heterocycles. The molecule has 5 heteroatoms. The third-order valence-electron chi connectivity index (χ3n) is 3.25. The second kappa shape index (κ2) is 5.71. The Morgan fingerprint density at radius 2 is 2.06 bits per heavy atom. The van der Waals surface area contributed by atoms with Crippen LogP contribution >= 0.6 is 15.9 Å². The molecular formula is C13H16BrNO3. The molecule has 1 aliphatic carbocycles. The van der Waals surface area contributed by atoms with Gasteiger partial charge >= 0.3 is 0 Å². The number of phenols is 1. The monoisotopic (exact) mass is 313 g/mol. The second-order valence-electron chi connectivity index (χ2n) is 4.60. The minimum atomic E-state index is -0.466. The maximum atomic E-state index is 12.0. The highest BCUT2D eigenvalue weighted by Crippen LogP contribution is 2.25. The quantitative estimate of drug-likeness (QED) is 0.784. The minimum absolute atomic E-state index is 0.0341. The van der Waals surface area contributed by atoms with Crippen molar-refractivity contribution in [2.75, 3.05) is 0 Å². The number of carbonyl (C=O) groups excluding carboxylic acids is 1. The van der Waals surface area contributed by atoms with Crippen LogP contribution in [0.5, 0.6) is 5.75 Å². The van der Waals surface area contributed by atoms with Crippen molar-refractivity contribution in [2.24, 2.45) is 0 Å². The number of hydrogen-bond acceptors (Lipinski definition) is 3. The number of amides is 1. The maximum Gasteiger partial charge on any atom is 0.251 e. The number of halogens is 1. The topological polar surface area (TPSA) is 69.6 Å². The molecule has 98 valence electrons. The van der Waals surface area contributed by atoms with Crippen LogP contribution in [0.1, 0.15) is 36.0 Å². The molecule has 0 heterocycles. The molecule has 2 atom stereocenters. The maximum absolute atomic E-state index is 12.0. The number of aliphatic hydroxyl groups excluding tert-OH is 1. The number of aromatic hydroxyl groups is 1. The fourth-order valence-electron chi connectivity index (χ4n) is 2.19. The summed E-state index contributed by atoms with van der Waals surface area (Å²) in [7, 11) is 0. The third kappa shape index (κ3) is 3.03. The SMILES string of the molecule is O=C(N[C@@H]1CCCC[C@H]1O)c1ccc(Br)c(O)c1. The van der Waals surface area contributed by atoms with E-state index in [1.54, 1.807) is 12.1 Å². The van der Waals surface area contributed by atoms with Gasteiger partial charge in [-0.1, -0.05) is 12.8 Å². The van der Waals surface area contributed by atoms with E-state index in [1.165, 1.54) is 6.07 Å². The van der Waals surface area contributed by atoms with Crippen molar-refractivity contribution in [1.29, 1.82) is 0 Å². The van der Waals surface area contributed by atoms with Crippen molar-refractivity contribution in [3.63, 3.8) is 0 Å². The first-order valence-electron chi connectivity index (χ1n) is 6.05. The first-order valence-corrected chi connectivity index (χ1v) is 6.84. The van der Waals surface area contributed by atoms with Gasteiger partial charge in [-0.2, -0.15) is 0 Å². The van der Waals surface area contributed by atoms with Gasteiger partial charge in [-0.15, -0.1) is 0 Å². The number of carbonyl (C=O) groups is 1. The van der Waals surface area contributed by atoms with Crippen molar-refractivity contribution in [3.05, 3.63) is 28.2 Å². The lowest BCUT2D eigenvalue weighted by atomic mass is 9.92. The number of phenolic OH excluding ortho intramolecular Hbond substituents is 1. The Balaban J connectivity index is 2.04. The molecule has 1 aromatic carbocycles. The highest BCUT2D eigenvalue weighted by Gasteiger charge is 2.24. The minimum Gasteiger partial charge on any atom is -0.507 e. The summed E-state index contributed by atoms with van der Waals surface area (Å²) in [4.78, 5) is 12.0. The molecule has 1 aliphatic rings. The van der Waals surface area contributed by atoms with Crippen molar-refractivity contribution in [1.82, 2.24) is 5.32 Å². The van der Waals surface area contributed by atoms with E-state index in [0.717, 1.165) is 25.7 Å². The van der Waals surface area contributed by atoms with Crippen molar-refractivity contribution in [3.8, 4) is 5.75 Å². The number of rotatable bonds is 2. The average Bonchev–Trinajstić information content (AvgIpc) is 2.35. The molecule has 3 N–H and O–H groups in total. The Labute approximate surface area is 114 Å². The van der Waals surface area contributed by atoms with Crippen LogP contribution in [0.4, 0.5) is 0 Å². The Morgan fingerprint density at radius 3 is 2.72 bits per heavy atom. The van der Waals surface area contributed by atoms with Crippen LogP contribution in [0.15, 0.2) is 22.7 Å². The van der Waals surface area contributed by atoms with Gasteiger partial charge in [0.25, 0.3) is 5.91 Å². The van der Waals surface area contributed by atoms with E-state index < -0.39 is 6.10 Å². The number of hydrogen-bond donors (Lipinski definition) is 3. The lowest BCUT2D eigenvalue weighted by Crippen LogP contribution is -2.45. The summed E-state index contributed by atoms with van der Waals surface area (Å²) < 4.78 is 0.553. The average molecular weight is 314 g/mol. The van der Waals surface area contributed by atoms with Crippen molar-refractivity contribution < 1.29 is 15.0 Å². The van der Waals surface area contributed by atoms with Gasteiger partial charge in [-0.05, 0) is 47.0 Å². The molecule has 4 nitrogen and oxygen atoms in total. The third-order valence-corrected chi connectivity index (χ3v) is 3.92. The normalized spacial score (nSPS) is 23.7. The van der Waals surface area contributed by atoms with Crippen LogP contribution in [0, 0.1) is 0 Å². The van der Waals surface area contributed by atoms with E-state index in [1.807, 2.05) is 0 Å². The standard InChI is InChI=1S/C13H16BrNO3/c14-9-6-5-8(7-12(9)17)13(18)15-10-3-1-2-4-11(10)16/h5-7,10-11,16-17H,1-4H2,(H,15,18)/t10-,11-/m1/s1. The van der Waals surface area contributed by atoms with Gasteiger partial charge in [0.05, 0.1) is 16.6 Å². The van der Waals surface area contributed by atoms with Gasteiger partial charge in [0.15, 0.2) is 0 Å². The highest BCUT2D eigenvalue weighted by molar-refractivity contribution is 9.10. The van der Waals surface area contributed by atoms with Gasteiger partial charge in [-0.3, -0.25) is 4.79 Å². The van der Waals surface area contributed by atoms with E-state index in [0.29, 0.717) is 10.0 Å². The Bertz CT molecular complexity index is 450. The van der Waals surface area contributed by atoms with Crippen LogP contribution in [-0.4, -0.2) is 28.3 Å². The largest absolute Gasteiger partial charge is 0.507 e. The van der Waals surface area contributed by atoms with Gasteiger partial charge in [0.1, 0.15) is 5.75 Å². The van der Waals surface area contributed by atoms with Crippen LogP contribution < -0.4 is 5.32 Å². The fraction of sp³-hybridized carbons (Fsp3) is 0.462. The summed E-state index contributed by atoms with van der Waals surface area (Å²) in [6.07, 6.45) is 3.10. The Hall–Kier alpha value is -1.07. The molecule has 1 saturated carbocycles. The summed E-state index contributed by atoms with van der Waals surface area (Å²) in [5, 5.41) is 22.1. The zero-order valence-electron chi connectivity index (χ0n) is 9.90. The van der Waals surface area contributed by atoms with Crippen LogP contribution in [0.3, 0.4) is 0 Å². The van der Waals surface area contributed by atoms with Crippen molar-refractivity contribution >= 4 is 21.8 Å². The molecule has 1 aromatic rings. The van der Waals surface area contributed by atoms with E-state index in [9.17, 15) is 15.0 Å². The smallest absolute Gasteiger partial charge is 0.251 e. The fourth-order valence-corrected chi connectivity index (χ4v) is 2.43. The first kappa shape index (κ1) is 13.4. The van der Waals surface area contributed by atoms with Gasteiger partial charge in [0, 0.05) is 5.56 Å².